The van der Waals surface area contributed by atoms with E-state index < -0.39 is 0 Å². The largest absolute Gasteiger partial charge is 0.348 e. The van der Waals surface area contributed by atoms with Crippen LogP contribution in [0.3, 0.4) is 0 Å². The molecule has 0 saturated heterocycles. The van der Waals surface area contributed by atoms with Gasteiger partial charge in [-0.2, -0.15) is 0 Å². The molecular formula is C10H17N3S. The molecule has 1 aliphatic rings. The fourth-order valence-electron chi connectivity index (χ4n) is 2.04. The molecule has 2 rings (SSSR count). The van der Waals surface area contributed by atoms with Crippen LogP contribution in [0.15, 0.2) is 11.6 Å². The van der Waals surface area contributed by atoms with E-state index in [0.717, 1.165) is 18.0 Å². The summed E-state index contributed by atoms with van der Waals surface area (Å²) in [7, 11) is 2.14. The van der Waals surface area contributed by atoms with Crippen LogP contribution in [0.4, 0.5) is 5.13 Å². The SMILES string of the molecule is CN(c1nccs1)C1CCC(N)CC1. The molecule has 1 aromatic rings. The molecule has 0 aliphatic heterocycles. The predicted octanol–water partition coefficient (Wildman–Crippen LogP) is 1.85. The van der Waals surface area contributed by atoms with Gasteiger partial charge in [0.2, 0.25) is 0 Å². The molecule has 2 N–H and O–H groups in total. The Balaban J connectivity index is 1.95. The molecule has 1 aliphatic carbocycles. The Morgan fingerprint density at radius 2 is 2.14 bits per heavy atom. The summed E-state index contributed by atoms with van der Waals surface area (Å²) in [5.41, 5.74) is 5.88. The molecule has 0 bridgehead atoms. The van der Waals surface area contributed by atoms with Crippen molar-refractivity contribution in [2.24, 2.45) is 5.73 Å². The number of aromatic nitrogens is 1. The molecule has 14 heavy (non-hydrogen) atoms. The van der Waals surface area contributed by atoms with Crippen molar-refractivity contribution < 1.29 is 0 Å². The van der Waals surface area contributed by atoms with Gasteiger partial charge in [-0.3, -0.25) is 0 Å². The highest BCUT2D eigenvalue weighted by Gasteiger charge is 2.22. The Kier molecular flexibility index (Phi) is 3.03. The fourth-order valence-corrected chi connectivity index (χ4v) is 2.72. The van der Waals surface area contributed by atoms with Gasteiger partial charge in [-0.05, 0) is 25.7 Å². The van der Waals surface area contributed by atoms with Gasteiger partial charge in [0.25, 0.3) is 0 Å². The minimum atomic E-state index is 0.427. The van der Waals surface area contributed by atoms with Gasteiger partial charge in [0.15, 0.2) is 5.13 Å². The molecule has 0 atom stereocenters. The van der Waals surface area contributed by atoms with Gasteiger partial charge in [-0.15, -0.1) is 11.3 Å². The summed E-state index contributed by atoms with van der Waals surface area (Å²) >= 11 is 1.71. The van der Waals surface area contributed by atoms with Gasteiger partial charge >= 0.3 is 0 Å². The topological polar surface area (TPSA) is 42.2 Å². The molecule has 0 unspecified atom stereocenters. The molecule has 1 saturated carbocycles. The zero-order valence-corrected chi connectivity index (χ0v) is 9.33. The number of hydrogen-bond acceptors (Lipinski definition) is 4. The third-order valence-corrected chi connectivity index (χ3v) is 3.87. The standard InChI is InChI=1S/C10H17N3S/c1-13(10-12-6-7-14-10)9-4-2-8(11)3-5-9/h6-9H,2-5,11H2,1H3. The van der Waals surface area contributed by atoms with E-state index in [2.05, 4.69) is 16.9 Å². The van der Waals surface area contributed by atoms with E-state index in [0.29, 0.717) is 12.1 Å². The average molecular weight is 211 g/mol. The van der Waals surface area contributed by atoms with Crippen LogP contribution >= 0.6 is 11.3 Å². The van der Waals surface area contributed by atoms with Gasteiger partial charge in [0.05, 0.1) is 0 Å². The Morgan fingerprint density at radius 1 is 1.43 bits per heavy atom. The van der Waals surface area contributed by atoms with Crippen molar-refractivity contribution in [2.75, 3.05) is 11.9 Å². The average Bonchev–Trinajstić information content (AvgIpc) is 2.71. The highest BCUT2D eigenvalue weighted by atomic mass is 32.1. The Labute approximate surface area is 88.9 Å². The van der Waals surface area contributed by atoms with Crippen LogP contribution in [0, 0.1) is 0 Å². The maximum atomic E-state index is 5.88. The van der Waals surface area contributed by atoms with Gasteiger partial charge in [0.1, 0.15) is 0 Å². The molecule has 3 nitrogen and oxygen atoms in total. The second kappa shape index (κ2) is 4.28. The molecule has 1 heterocycles. The molecule has 78 valence electrons. The normalized spacial score (nSPS) is 27.6. The van der Waals surface area contributed by atoms with E-state index in [1.807, 2.05) is 11.6 Å². The Morgan fingerprint density at radius 3 is 2.71 bits per heavy atom. The molecule has 0 aromatic carbocycles. The summed E-state index contributed by atoms with van der Waals surface area (Å²) in [5, 5.41) is 3.16. The van der Waals surface area contributed by atoms with Gasteiger partial charge in [-0.25, -0.2) is 4.98 Å². The summed E-state index contributed by atoms with van der Waals surface area (Å²) in [4.78, 5) is 6.63. The highest BCUT2D eigenvalue weighted by Crippen LogP contribution is 2.26. The second-order valence-electron chi connectivity index (χ2n) is 3.99. The zero-order chi connectivity index (χ0) is 9.97. The van der Waals surface area contributed by atoms with Crippen molar-refractivity contribution in [1.29, 1.82) is 0 Å². The quantitative estimate of drug-likeness (QED) is 0.811. The lowest BCUT2D eigenvalue weighted by Crippen LogP contribution is -2.38. The zero-order valence-electron chi connectivity index (χ0n) is 8.52. The summed E-state index contributed by atoms with van der Waals surface area (Å²) in [5.74, 6) is 0. The van der Waals surface area contributed by atoms with Crippen LogP contribution in [0.2, 0.25) is 0 Å². The van der Waals surface area contributed by atoms with Crippen LogP contribution in [0.1, 0.15) is 25.7 Å². The lowest BCUT2D eigenvalue weighted by atomic mass is 9.91. The van der Waals surface area contributed by atoms with Crippen LogP contribution < -0.4 is 10.6 Å². The summed E-state index contributed by atoms with van der Waals surface area (Å²) in [6.07, 6.45) is 6.58. The first-order valence-corrected chi connectivity index (χ1v) is 6.03. The van der Waals surface area contributed by atoms with E-state index in [4.69, 9.17) is 5.73 Å². The van der Waals surface area contributed by atoms with E-state index in [1.54, 1.807) is 11.3 Å². The Bertz CT molecular complexity index is 265. The number of anilines is 1. The predicted molar refractivity (Wildman–Crippen MR) is 60.7 cm³/mol. The minimum absolute atomic E-state index is 0.427. The first-order valence-electron chi connectivity index (χ1n) is 5.15. The van der Waals surface area contributed by atoms with Crippen molar-refractivity contribution in [3.05, 3.63) is 11.6 Å². The summed E-state index contributed by atoms with van der Waals surface area (Å²) in [6.45, 7) is 0. The van der Waals surface area contributed by atoms with Crippen LogP contribution in [-0.4, -0.2) is 24.1 Å². The first-order chi connectivity index (χ1) is 6.77. The molecule has 1 fully saturated rings. The van der Waals surface area contributed by atoms with Crippen LogP contribution in [-0.2, 0) is 0 Å². The van der Waals surface area contributed by atoms with Crippen LogP contribution in [0.25, 0.3) is 0 Å². The molecule has 0 spiro atoms. The third-order valence-electron chi connectivity index (χ3n) is 3.01. The Hall–Kier alpha value is -0.610. The molecule has 0 radical (unpaired) electrons. The van der Waals surface area contributed by atoms with E-state index in [-0.39, 0.29) is 0 Å². The van der Waals surface area contributed by atoms with Crippen LogP contribution in [0.5, 0.6) is 0 Å². The number of nitrogens with zero attached hydrogens (tertiary/aromatic N) is 2. The second-order valence-corrected chi connectivity index (χ2v) is 4.87. The lowest BCUT2D eigenvalue weighted by Gasteiger charge is -2.33. The van der Waals surface area contributed by atoms with Gasteiger partial charge < -0.3 is 10.6 Å². The van der Waals surface area contributed by atoms with Crippen molar-refractivity contribution in [2.45, 2.75) is 37.8 Å². The maximum absolute atomic E-state index is 5.88. The van der Waals surface area contributed by atoms with E-state index in [1.165, 1.54) is 12.8 Å². The molecule has 0 amide bonds. The molecular weight excluding hydrogens is 194 g/mol. The van der Waals surface area contributed by atoms with Crippen molar-refractivity contribution in [3.63, 3.8) is 0 Å². The molecule has 1 aromatic heterocycles. The van der Waals surface area contributed by atoms with E-state index >= 15 is 0 Å². The highest BCUT2D eigenvalue weighted by molar-refractivity contribution is 7.13. The molecule has 4 heteroatoms. The lowest BCUT2D eigenvalue weighted by molar-refractivity contribution is 0.385. The summed E-state index contributed by atoms with van der Waals surface area (Å²) in [6, 6.07) is 1.07. The minimum Gasteiger partial charge on any atom is -0.348 e. The first kappa shape index (κ1) is 9.93. The maximum Gasteiger partial charge on any atom is 0.185 e. The number of hydrogen-bond donors (Lipinski definition) is 1. The van der Waals surface area contributed by atoms with Gasteiger partial charge in [0, 0.05) is 30.7 Å². The number of rotatable bonds is 2. The summed E-state index contributed by atoms with van der Waals surface area (Å²) < 4.78 is 0. The number of thiazole rings is 1. The van der Waals surface area contributed by atoms with Gasteiger partial charge in [-0.1, -0.05) is 0 Å². The third kappa shape index (κ3) is 2.07. The van der Waals surface area contributed by atoms with Crippen molar-refractivity contribution in [1.82, 2.24) is 4.98 Å². The smallest absolute Gasteiger partial charge is 0.185 e. The van der Waals surface area contributed by atoms with Crippen molar-refractivity contribution in [3.8, 4) is 0 Å². The van der Waals surface area contributed by atoms with Crippen molar-refractivity contribution >= 4 is 16.5 Å². The monoisotopic (exact) mass is 211 g/mol. The fraction of sp³-hybridized carbons (Fsp3) is 0.700. The van der Waals surface area contributed by atoms with E-state index in [9.17, 15) is 0 Å². The number of nitrogens with two attached hydrogens (primary N) is 1.